The number of piperidine rings is 1. The van der Waals surface area contributed by atoms with Gasteiger partial charge in [-0.25, -0.2) is 0 Å². The highest BCUT2D eigenvalue weighted by Gasteiger charge is 2.44. The van der Waals surface area contributed by atoms with Gasteiger partial charge in [0.1, 0.15) is 11.7 Å². The number of hydrogen-bond acceptors (Lipinski definition) is 7. The molecule has 0 radical (unpaired) electrons. The molecule has 31 heavy (non-hydrogen) atoms. The van der Waals surface area contributed by atoms with Gasteiger partial charge in [0, 0.05) is 23.9 Å². The van der Waals surface area contributed by atoms with Crippen LogP contribution in [-0.2, 0) is 16.0 Å². The Balaban J connectivity index is 1.47. The van der Waals surface area contributed by atoms with Gasteiger partial charge in [-0.2, -0.15) is 0 Å². The van der Waals surface area contributed by atoms with Gasteiger partial charge < -0.3 is 0 Å². The highest BCUT2D eigenvalue weighted by Crippen LogP contribution is 2.28. The number of fused-ring (bicyclic) bond motifs is 1. The van der Waals surface area contributed by atoms with Gasteiger partial charge >= 0.3 is 0 Å². The molecule has 2 aliphatic rings. The zero-order valence-corrected chi connectivity index (χ0v) is 17.5. The molecule has 4 rings (SSSR count). The molecule has 2 aromatic rings. The molecule has 0 spiro atoms. The zero-order valence-electron chi connectivity index (χ0n) is 16.7. The number of rotatable bonds is 6. The first kappa shape index (κ1) is 20.9. The van der Waals surface area contributed by atoms with Crippen molar-refractivity contribution in [3.63, 3.8) is 0 Å². The fourth-order valence-corrected chi connectivity index (χ4v) is 4.09. The van der Waals surface area contributed by atoms with Crippen LogP contribution in [0.25, 0.3) is 0 Å². The molecule has 9 heteroatoms. The number of amides is 4. The predicted molar refractivity (Wildman–Crippen MR) is 112 cm³/mol. The fraction of sp³-hybridized carbons (Fsp3) is 0.273. The first-order valence-electron chi connectivity index (χ1n) is 9.77. The summed E-state index contributed by atoms with van der Waals surface area (Å²) in [5.41, 5.74) is 1.55. The standard InChI is InChI=1S/C22H19N3O5S/c1-31-13-4-6-16(23-11-13)18(26)8-3-12-2-5-14-15(10-12)22(30)25(21(14)29)17-7-9-19(27)24-20(17)28/h2,4-6,10-11,17H,3,7-9H2,1H3,(H,24,27,28). The van der Waals surface area contributed by atoms with Gasteiger partial charge in [-0.05, 0) is 48.9 Å². The quantitative estimate of drug-likeness (QED) is 0.418. The van der Waals surface area contributed by atoms with Crippen LogP contribution in [0.1, 0.15) is 56.0 Å². The average Bonchev–Trinajstić information content (AvgIpc) is 3.02. The Kier molecular flexibility index (Phi) is 5.69. The Morgan fingerprint density at radius 3 is 2.58 bits per heavy atom. The van der Waals surface area contributed by atoms with Gasteiger partial charge in [-0.1, -0.05) is 6.07 Å². The van der Waals surface area contributed by atoms with E-state index in [-0.39, 0.29) is 36.2 Å². The predicted octanol–water partition coefficient (Wildman–Crippen LogP) is 2.02. The molecule has 1 aromatic heterocycles. The number of Topliss-reactive ketones (excluding diaryl/α,β-unsaturated/α-hetero) is 1. The molecule has 0 aliphatic carbocycles. The highest BCUT2D eigenvalue weighted by molar-refractivity contribution is 7.98. The normalized spacial score (nSPS) is 18.2. The summed E-state index contributed by atoms with van der Waals surface area (Å²) in [6.07, 6.45) is 4.37. The molecule has 2 aliphatic heterocycles. The van der Waals surface area contributed by atoms with Crippen LogP contribution in [0.4, 0.5) is 0 Å². The Bertz CT molecular complexity index is 1110. The Labute approximate surface area is 182 Å². The van der Waals surface area contributed by atoms with Crippen LogP contribution in [0.15, 0.2) is 41.4 Å². The molecule has 8 nitrogen and oxygen atoms in total. The van der Waals surface area contributed by atoms with Crippen LogP contribution in [-0.4, -0.2) is 51.6 Å². The first-order chi connectivity index (χ1) is 14.9. The largest absolute Gasteiger partial charge is 0.295 e. The van der Waals surface area contributed by atoms with Crippen molar-refractivity contribution in [3.8, 4) is 0 Å². The maximum Gasteiger partial charge on any atom is 0.262 e. The highest BCUT2D eigenvalue weighted by atomic mass is 32.2. The lowest BCUT2D eigenvalue weighted by Crippen LogP contribution is -2.54. The van der Waals surface area contributed by atoms with E-state index < -0.39 is 29.7 Å². The molecular formula is C22H19N3O5S. The monoisotopic (exact) mass is 437 g/mol. The summed E-state index contributed by atoms with van der Waals surface area (Å²) in [6, 6.07) is 7.39. The van der Waals surface area contributed by atoms with Crippen LogP contribution in [0.5, 0.6) is 0 Å². The van der Waals surface area contributed by atoms with Crippen LogP contribution in [0.2, 0.25) is 0 Å². The van der Waals surface area contributed by atoms with E-state index in [1.807, 2.05) is 12.3 Å². The second-order valence-corrected chi connectivity index (χ2v) is 8.21. The van der Waals surface area contributed by atoms with E-state index in [1.165, 1.54) is 0 Å². The molecule has 1 fully saturated rings. The van der Waals surface area contributed by atoms with Gasteiger partial charge in [-0.15, -0.1) is 11.8 Å². The van der Waals surface area contributed by atoms with Crippen LogP contribution >= 0.6 is 11.8 Å². The molecule has 1 N–H and O–H groups in total. The van der Waals surface area contributed by atoms with Crippen molar-refractivity contribution in [1.82, 2.24) is 15.2 Å². The molecule has 3 heterocycles. The number of imide groups is 2. The van der Waals surface area contributed by atoms with E-state index in [0.717, 1.165) is 15.4 Å². The van der Waals surface area contributed by atoms with E-state index in [0.29, 0.717) is 12.1 Å². The van der Waals surface area contributed by atoms with Gasteiger partial charge in [0.15, 0.2) is 5.78 Å². The number of aryl methyl sites for hydroxylation is 1. The number of carbonyl (C=O) groups is 5. The summed E-state index contributed by atoms with van der Waals surface area (Å²) in [6.45, 7) is 0. The number of aromatic nitrogens is 1. The molecule has 1 aromatic carbocycles. The van der Waals surface area contributed by atoms with E-state index >= 15 is 0 Å². The summed E-state index contributed by atoms with van der Waals surface area (Å²) >= 11 is 1.54. The minimum Gasteiger partial charge on any atom is -0.295 e. The number of benzene rings is 1. The molecular weight excluding hydrogens is 418 g/mol. The topological polar surface area (TPSA) is 114 Å². The Morgan fingerprint density at radius 2 is 1.90 bits per heavy atom. The zero-order chi connectivity index (χ0) is 22.1. The summed E-state index contributed by atoms with van der Waals surface area (Å²) < 4.78 is 0. The summed E-state index contributed by atoms with van der Waals surface area (Å²) in [5.74, 6) is -2.27. The molecule has 1 saturated heterocycles. The number of hydrogen-bond donors (Lipinski definition) is 1. The number of pyridine rings is 1. The number of nitrogens with one attached hydrogen (secondary N) is 1. The molecule has 0 bridgehead atoms. The summed E-state index contributed by atoms with van der Waals surface area (Å²) in [4.78, 5) is 67.6. The minimum atomic E-state index is -0.995. The lowest BCUT2D eigenvalue weighted by molar-refractivity contribution is -0.136. The first-order valence-corrected chi connectivity index (χ1v) is 11.0. The second-order valence-electron chi connectivity index (χ2n) is 7.33. The van der Waals surface area contributed by atoms with Gasteiger partial charge in [0.25, 0.3) is 11.8 Å². The van der Waals surface area contributed by atoms with Crippen molar-refractivity contribution in [2.24, 2.45) is 0 Å². The maximum atomic E-state index is 12.9. The van der Waals surface area contributed by atoms with Crippen molar-refractivity contribution < 1.29 is 24.0 Å². The van der Waals surface area contributed by atoms with E-state index in [2.05, 4.69) is 10.3 Å². The fourth-order valence-electron chi connectivity index (χ4n) is 3.73. The van der Waals surface area contributed by atoms with Crippen LogP contribution < -0.4 is 5.32 Å². The Hall–Kier alpha value is -3.33. The van der Waals surface area contributed by atoms with Gasteiger partial charge in [0.2, 0.25) is 11.8 Å². The third kappa shape index (κ3) is 4.00. The number of carbonyl (C=O) groups excluding carboxylic acids is 5. The third-order valence-electron chi connectivity index (χ3n) is 5.40. The van der Waals surface area contributed by atoms with Crippen molar-refractivity contribution in [1.29, 1.82) is 0 Å². The molecule has 1 atom stereocenters. The smallest absolute Gasteiger partial charge is 0.262 e. The van der Waals surface area contributed by atoms with E-state index in [4.69, 9.17) is 0 Å². The van der Waals surface area contributed by atoms with Crippen LogP contribution in [0, 0.1) is 0 Å². The van der Waals surface area contributed by atoms with Crippen molar-refractivity contribution in [2.75, 3.05) is 6.26 Å². The maximum absolute atomic E-state index is 12.9. The van der Waals surface area contributed by atoms with Crippen molar-refractivity contribution >= 4 is 41.2 Å². The summed E-state index contributed by atoms with van der Waals surface area (Å²) in [5, 5.41) is 2.17. The third-order valence-corrected chi connectivity index (χ3v) is 6.12. The van der Waals surface area contributed by atoms with Crippen molar-refractivity contribution in [2.45, 2.75) is 36.6 Å². The van der Waals surface area contributed by atoms with Gasteiger partial charge in [-0.3, -0.25) is 39.2 Å². The van der Waals surface area contributed by atoms with Crippen LogP contribution in [0.3, 0.4) is 0 Å². The van der Waals surface area contributed by atoms with Gasteiger partial charge in [0.05, 0.1) is 11.1 Å². The minimum absolute atomic E-state index is 0.0726. The lowest BCUT2D eigenvalue weighted by atomic mass is 10.0. The Morgan fingerprint density at radius 1 is 1.13 bits per heavy atom. The number of ketones is 1. The molecule has 1 unspecified atom stereocenters. The lowest BCUT2D eigenvalue weighted by Gasteiger charge is -2.27. The molecule has 158 valence electrons. The number of thioether (sulfide) groups is 1. The summed E-state index contributed by atoms with van der Waals surface area (Å²) in [7, 11) is 0. The average molecular weight is 437 g/mol. The molecule has 4 amide bonds. The number of nitrogens with zero attached hydrogens (tertiary/aromatic N) is 2. The molecule has 0 saturated carbocycles. The van der Waals surface area contributed by atoms with E-state index in [9.17, 15) is 24.0 Å². The van der Waals surface area contributed by atoms with E-state index in [1.54, 1.807) is 42.2 Å². The van der Waals surface area contributed by atoms with Crippen molar-refractivity contribution in [3.05, 3.63) is 58.9 Å². The SMILES string of the molecule is CSc1ccc(C(=O)CCc2ccc3c(c2)C(=O)N(C2CCC(=O)NC2=O)C3=O)nc1. The second kappa shape index (κ2) is 8.43.